The van der Waals surface area contributed by atoms with Crippen molar-refractivity contribution in [2.45, 2.75) is 19.8 Å². The van der Waals surface area contributed by atoms with E-state index in [0.717, 1.165) is 31.8 Å². The number of nitrogen functional groups attached to an aromatic ring is 1. The van der Waals surface area contributed by atoms with Crippen molar-refractivity contribution in [3.8, 4) is 0 Å². The summed E-state index contributed by atoms with van der Waals surface area (Å²) in [5.74, 6) is 1.18. The largest absolute Gasteiger partial charge is 0.383 e. The number of nitrogens with two attached hydrogens (primary N) is 1. The van der Waals surface area contributed by atoms with Crippen LogP contribution in [-0.2, 0) is 7.05 Å². The number of rotatable bonds is 1. The van der Waals surface area contributed by atoms with Gasteiger partial charge in [-0.05, 0) is 18.8 Å². The van der Waals surface area contributed by atoms with E-state index in [1.54, 1.807) is 13.2 Å². The van der Waals surface area contributed by atoms with Crippen molar-refractivity contribution >= 4 is 11.7 Å². The first-order valence-electron chi connectivity index (χ1n) is 5.66. The van der Waals surface area contributed by atoms with E-state index in [1.807, 2.05) is 4.90 Å². The van der Waals surface area contributed by atoms with Gasteiger partial charge in [0.25, 0.3) is 5.91 Å². The van der Waals surface area contributed by atoms with Crippen LogP contribution in [0.1, 0.15) is 30.1 Å². The Labute approximate surface area is 95.2 Å². The Morgan fingerprint density at radius 3 is 2.62 bits per heavy atom. The van der Waals surface area contributed by atoms with Crippen LogP contribution in [0.25, 0.3) is 0 Å². The van der Waals surface area contributed by atoms with Crippen LogP contribution < -0.4 is 5.73 Å². The topological polar surface area (TPSA) is 64.2 Å². The van der Waals surface area contributed by atoms with Gasteiger partial charge in [-0.3, -0.25) is 9.48 Å². The van der Waals surface area contributed by atoms with E-state index in [4.69, 9.17) is 5.73 Å². The molecule has 1 aliphatic heterocycles. The summed E-state index contributed by atoms with van der Waals surface area (Å²) in [6.45, 7) is 3.88. The monoisotopic (exact) mass is 222 g/mol. The summed E-state index contributed by atoms with van der Waals surface area (Å²) in [4.78, 5) is 14.0. The predicted molar refractivity (Wildman–Crippen MR) is 61.9 cm³/mol. The van der Waals surface area contributed by atoms with Gasteiger partial charge in [-0.15, -0.1) is 0 Å². The Hall–Kier alpha value is -1.52. The molecule has 1 saturated heterocycles. The number of likely N-dealkylation sites (tertiary alicyclic amines) is 1. The van der Waals surface area contributed by atoms with E-state index in [0.29, 0.717) is 11.4 Å². The molecule has 0 aromatic carbocycles. The Kier molecular flexibility index (Phi) is 2.85. The van der Waals surface area contributed by atoms with Gasteiger partial charge in [-0.25, -0.2) is 0 Å². The minimum atomic E-state index is 0.0116. The van der Waals surface area contributed by atoms with Crippen LogP contribution in [0.3, 0.4) is 0 Å². The van der Waals surface area contributed by atoms with Gasteiger partial charge >= 0.3 is 0 Å². The normalized spacial score (nSPS) is 17.8. The molecule has 1 aromatic heterocycles. The molecule has 0 spiro atoms. The van der Waals surface area contributed by atoms with Crippen LogP contribution in [0.4, 0.5) is 5.82 Å². The first-order chi connectivity index (χ1) is 7.59. The minimum Gasteiger partial charge on any atom is -0.383 e. The van der Waals surface area contributed by atoms with Gasteiger partial charge < -0.3 is 10.6 Å². The molecule has 5 heteroatoms. The molecule has 0 radical (unpaired) electrons. The van der Waals surface area contributed by atoms with Gasteiger partial charge in [0.1, 0.15) is 11.4 Å². The molecule has 1 amide bonds. The highest BCUT2D eigenvalue weighted by Crippen LogP contribution is 2.20. The zero-order chi connectivity index (χ0) is 11.7. The molecule has 1 aliphatic rings. The van der Waals surface area contributed by atoms with Crippen molar-refractivity contribution in [1.82, 2.24) is 14.7 Å². The van der Waals surface area contributed by atoms with Crippen LogP contribution >= 0.6 is 0 Å². The maximum Gasteiger partial charge on any atom is 0.259 e. The maximum atomic E-state index is 12.1. The summed E-state index contributed by atoms with van der Waals surface area (Å²) >= 11 is 0. The second-order valence-electron chi connectivity index (χ2n) is 4.54. The fourth-order valence-electron chi connectivity index (χ4n) is 1.99. The van der Waals surface area contributed by atoms with E-state index in [1.165, 1.54) is 4.68 Å². The molecule has 0 atom stereocenters. The molecule has 0 aliphatic carbocycles. The molecule has 0 unspecified atom stereocenters. The lowest BCUT2D eigenvalue weighted by molar-refractivity contribution is 0.0698. The molecule has 2 rings (SSSR count). The van der Waals surface area contributed by atoms with Gasteiger partial charge in [-0.1, -0.05) is 6.92 Å². The average molecular weight is 222 g/mol. The molecule has 2 heterocycles. The lowest BCUT2D eigenvalue weighted by Gasteiger charge is -2.30. The number of hydrogen-bond donors (Lipinski definition) is 1. The average Bonchev–Trinajstić information content (AvgIpc) is 2.60. The number of hydrogen-bond acceptors (Lipinski definition) is 3. The summed E-state index contributed by atoms with van der Waals surface area (Å²) in [7, 11) is 1.74. The molecule has 2 N–H and O–H groups in total. The van der Waals surface area contributed by atoms with E-state index < -0.39 is 0 Å². The third kappa shape index (κ3) is 1.89. The van der Waals surface area contributed by atoms with Crippen LogP contribution in [0.15, 0.2) is 6.20 Å². The second-order valence-corrected chi connectivity index (χ2v) is 4.54. The van der Waals surface area contributed by atoms with Gasteiger partial charge in [0.05, 0.1) is 6.20 Å². The summed E-state index contributed by atoms with van der Waals surface area (Å²) in [6.07, 6.45) is 3.70. The third-order valence-electron chi connectivity index (χ3n) is 3.29. The van der Waals surface area contributed by atoms with Gasteiger partial charge in [0.15, 0.2) is 0 Å². The summed E-state index contributed by atoms with van der Waals surface area (Å²) in [6, 6.07) is 0. The lowest BCUT2D eigenvalue weighted by Crippen LogP contribution is -2.38. The van der Waals surface area contributed by atoms with E-state index in [-0.39, 0.29) is 5.91 Å². The minimum absolute atomic E-state index is 0.0116. The highest BCUT2D eigenvalue weighted by Gasteiger charge is 2.24. The van der Waals surface area contributed by atoms with Crippen molar-refractivity contribution < 1.29 is 4.79 Å². The molecular weight excluding hydrogens is 204 g/mol. The Morgan fingerprint density at radius 2 is 2.12 bits per heavy atom. The molecule has 0 bridgehead atoms. The maximum absolute atomic E-state index is 12.1. The van der Waals surface area contributed by atoms with Crippen LogP contribution in [0.5, 0.6) is 0 Å². The predicted octanol–water partition coefficient (Wildman–Crippen LogP) is 0.874. The van der Waals surface area contributed by atoms with Crippen LogP contribution in [0.2, 0.25) is 0 Å². The molecule has 0 saturated carbocycles. The van der Waals surface area contributed by atoms with Crippen molar-refractivity contribution in [1.29, 1.82) is 0 Å². The summed E-state index contributed by atoms with van der Waals surface area (Å²) in [5.41, 5.74) is 6.32. The molecular formula is C11H18N4O. The zero-order valence-electron chi connectivity index (χ0n) is 9.81. The van der Waals surface area contributed by atoms with E-state index >= 15 is 0 Å². The van der Waals surface area contributed by atoms with Crippen LogP contribution in [0, 0.1) is 5.92 Å². The number of piperidine rings is 1. The number of aromatic nitrogens is 2. The number of carbonyl (C=O) groups excluding carboxylic acids is 1. The molecule has 1 aromatic rings. The number of anilines is 1. The number of aryl methyl sites for hydroxylation is 1. The number of nitrogens with zero attached hydrogens (tertiary/aromatic N) is 3. The highest BCUT2D eigenvalue weighted by molar-refractivity contribution is 5.98. The number of carbonyl (C=O) groups is 1. The van der Waals surface area contributed by atoms with E-state index in [9.17, 15) is 4.79 Å². The quantitative estimate of drug-likeness (QED) is 0.767. The fraction of sp³-hybridized carbons (Fsp3) is 0.636. The molecule has 88 valence electrons. The molecule has 1 fully saturated rings. The Bertz CT molecular complexity index is 391. The Balaban J connectivity index is 2.11. The van der Waals surface area contributed by atoms with Crippen molar-refractivity contribution in [3.05, 3.63) is 11.8 Å². The third-order valence-corrected chi connectivity index (χ3v) is 3.29. The first-order valence-corrected chi connectivity index (χ1v) is 5.66. The fourth-order valence-corrected chi connectivity index (χ4v) is 1.99. The summed E-state index contributed by atoms with van der Waals surface area (Å²) < 4.78 is 1.53. The van der Waals surface area contributed by atoms with Crippen molar-refractivity contribution in [3.63, 3.8) is 0 Å². The molecule has 16 heavy (non-hydrogen) atoms. The lowest BCUT2D eigenvalue weighted by atomic mass is 9.99. The molecule has 5 nitrogen and oxygen atoms in total. The van der Waals surface area contributed by atoms with Gasteiger partial charge in [-0.2, -0.15) is 5.10 Å². The van der Waals surface area contributed by atoms with Gasteiger partial charge in [0, 0.05) is 20.1 Å². The second kappa shape index (κ2) is 4.15. The van der Waals surface area contributed by atoms with E-state index in [2.05, 4.69) is 12.0 Å². The highest BCUT2D eigenvalue weighted by atomic mass is 16.2. The van der Waals surface area contributed by atoms with Gasteiger partial charge in [0.2, 0.25) is 0 Å². The zero-order valence-corrected chi connectivity index (χ0v) is 9.81. The Morgan fingerprint density at radius 1 is 1.50 bits per heavy atom. The standard InChI is InChI=1S/C11H18N4O/c1-8-3-5-15(6-4-8)11(16)9-7-13-14(2)10(9)12/h7-8H,3-6,12H2,1-2H3. The smallest absolute Gasteiger partial charge is 0.259 e. The number of amides is 1. The van der Waals surface area contributed by atoms with Crippen molar-refractivity contribution in [2.24, 2.45) is 13.0 Å². The van der Waals surface area contributed by atoms with Crippen LogP contribution in [-0.4, -0.2) is 33.7 Å². The van der Waals surface area contributed by atoms with Crippen molar-refractivity contribution in [2.75, 3.05) is 18.8 Å². The summed E-state index contributed by atoms with van der Waals surface area (Å²) in [5, 5.41) is 3.99. The SMILES string of the molecule is CC1CCN(C(=O)c2cnn(C)c2N)CC1. The first kappa shape index (κ1) is 11.0.